The number of amides is 2. The SMILES string of the molecule is COc1cc2c(cc1N)OC(C)(C)C(=O)N2C.COc1cc2c(cc1[N+](=O)[O-])OC(C)(C)C(=O)N2C. The molecule has 0 saturated heterocycles. The number of methoxy groups -OCH3 is 2. The van der Waals surface area contributed by atoms with E-state index in [-0.39, 0.29) is 23.3 Å². The molecule has 2 aliphatic heterocycles. The van der Waals surface area contributed by atoms with Gasteiger partial charge in [0.05, 0.1) is 42.3 Å². The molecular weight excluding hydrogens is 472 g/mol. The average Bonchev–Trinajstić information content (AvgIpc) is 2.80. The van der Waals surface area contributed by atoms with Gasteiger partial charge in [-0.1, -0.05) is 0 Å². The van der Waals surface area contributed by atoms with E-state index >= 15 is 0 Å². The minimum absolute atomic E-state index is 0.0895. The molecule has 2 aromatic carbocycles. The zero-order valence-electron chi connectivity index (χ0n) is 21.5. The fraction of sp³-hybridized carbons (Fsp3) is 0.417. The number of carbonyl (C=O) groups excluding carboxylic acids is 2. The van der Waals surface area contributed by atoms with Crippen LogP contribution in [0.4, 0.5) is 22.7 Å². The van der Waals surface area contributed by atoms with Gasteiger partial charge < -0.3 is 34.5 Å². The molecule has 0 aliphatic carbocycles. The van der Waals surface area contributed by atoms with Gasteiger partial charge in [0, 0.05) is 32.3 Å². The molecule has 2 aliphatic rings. The van der Waals surface area contributed by atoms with Crippen LogP contribution < -0.4 is 34.5 Å². The Labute approximate surface area is 208 Å². The van der Waals surface area contributed by atoms with Gasteiger partial charge in [-0.2, -0.15) is 0 Å². The second-order valence-corrected chi connectivity index (χ2v) is 9.26. The molecule has 0 saturated carbocycles. The molecule has 2 N–H and O–H groups in total. The Morgan fingerprint density at radius 2 is 1.25 bits per heavy atom. The fourth-order valence-electron chi connectivity index (χ4n) is 3.94. The topological polar surface area (TPSA) is 147 Å². The minimum Gasteiger partial charge on any atom is -0.495 e. The first-order chi connectivity index (χ1) is 16.6. The van der Waals surface area contributed by atoms with Gasteiger partial charge >= 0.3 is 5.69 Å². The number of nitrogens with two attached hydrogens (primary N) is 1. The number of nitrogens with zero attached hydrogens (tertiary/aromatic N) is 3. The molecule has 0 radical (unpaired) electrons. The number of nitro groups is 1. The van der Waals surface area contributed by atoms with Crippen LogP contribution in [0.25, 0.3) is 0 Å². The van der Waals surface area contributed by atoms with Crippen LogP contribution in [0.2, 0.25) is 0 Å². The third-order valence-corrected chi connectivity index (χ3v) is 5.86. The van der Waals surface area contributed by atoms with Crippen molar-refractivity contribution in [3.05, 3.63) is 34.4 Å². The van der Waals surface area contributed by atoms with E-state index < -0.39 is 16.1 Å². The first-order valence-electron chi connectivity index (χ1n) is 10.9. The van der Waals surface area contributed by atoms with Crippen LogP contribution in [0.5, 0.6) is 23.0 Å². The summed E-state index contributed by atoms with van der Waals surface area (Å²) in [5.41, 5.74) is 5.31. The lowest BCUT2D eigenvalue weighted by atomic mass is 10.0. The fourth-order valence-corrected chi connectivity index (χ4v) is 3.94. The summed E-state index contributed by atoms with van der Waals surface area (Å²) in [6, 6.07) is 6.09. The van der Waals surface area contributed by atoms with Crippen molar-refractivity contribution in [3.63, 3.8) is 0 Å². The van der Waals surface area contributed by atoms with Crippen LogP contribution >= 0.6 is 0 Å². The number of ether oxygens (including phenoxy) is 4. The third-order valence-electron chi connectivity index (χ3n) is 5.86. The number of hydrogen-bond donors (Lipinski definition) is 1. The van der Waals surface area contributed by atoms with Crippen molar-refractivity contribution in [2.75, 3.05) is 43.8 Å². The highest BCUT2D eigenvalue weighted by Gasteiger charge is 2.41. The van der Waals surface area contributed by atoms with Gasteiger partial charge in [0.25, 0.3) is 11.8 Å². The highest BCUT2D eigenvalue weighted by molar-refractivity contribution is 6.03. The lowest BCUT2D eigenvalue weighted by Crippen LogP contribution is -2.50. The van der Waals surface area contributed by atoms with E-state index in [0.717, 1.165) is 0 Å². The number of benzene rings is 2. The smallest absolute Gasteiger partial charge is 0.314 e. The molecule has 36 heavy (non-hydrogen) atoms. The Bertz CT molecular complexity index is 1240. The second kappa shape index (κ2) is 9.10. The third kappa shape index (κ3) is 4.53. The molecule has 0 fully saturated rings. The van der Waals surface area contributed by atoms with Crippen molar-refractivity contribution in [1.82, 2.24) is 0 Å². The molecule has 194 valence electrons. The lowest BCUT2D eigenvalue weighted by molar-refractivity contribution is -0.385. The molecule has 4 rings (SSSR count). The Balaban J connectivity index is 0.000000202. The Hall–Kier alpha value is -4.22. The summed E-state index contributed by atoms with van der Waals surface area (Å²) < 4.78 is 21.3. The first kappa shape index (κ1) is 26.4. The van der Waals surface area contributed by atoms with E-state index in [1.165, 1.54) is 31.3 Å². The molecule has 0 unspecified atom stereocenters. The van der Waals surface area contributed by atoms with Crippen molar-refractivity contribution >= 4 is 34.6 Å². The van der Waals surface area contributed by atoms with E-state index in [0.29, 0.717) is 34.3 Å². The van der Waals surface area contributed by atoms with E-state index in [1.807, 2.05) is 0 Å². The minimum atomic E-state index is -1.05. The van der Waals surface area contributed by atoms with Crippen LogP contribution in [0, 0.1) is 10.1 Å². The van der Waals surface area contributed by atoms with Crippen LogP contribution in [-0.2, 0) is 9.59 Å². The average molecular weight is 503 g/mol. The highest BCUT2D eigenvalue weighted by Crippen LogP contribution is 2.44. The molecule has 2 aromatic rings. The summed E-state index contributed by atoms with van der Waals surface area (Å²) in [5.74, 6) is 1.18. The van der Waals surface area contributed by atoms with E-state index in [4.69, 9.17) is 24.7 Å². The maximum Gasteiger partial charge on any atom is 0.314 e. The van der Waals surface area contributed by atoms with Gasteiger partial charge in [-0.05, 0) is 27.7 Å². The zero-order chi connectivity index (χ0) is 27.2. The van der Waals surface area contributed by atoms with Crippen LogP contribution in [0.15, 0.2) is 24.3 Å². The standard InChI is InChI=1S/C12H14N2O5.C12H16N2O3/c1-12(2)11(15)13(3)7-5-9(18-4)8(14(16)17)6-10(7)19-12;1-12(2)11(15)14(3)8-6-9(16-4)7(13)5-10(8)17-12/h5-6H,1-4H3;5-6H,13H2,1-4H3. The van der Waals surface area contributed by atoms with E-state index in [2.05, 4.69) is 0 Å². The largest absolute Gasteiger partial charge is 0.495 e. The zero-order valence-corrected chi connectivity index (χ0v) is 21.5. The van der Waals surface area contributed by atoms with Crippen molar-refractivity contribution in [1.29, 1.82) is 0 Å². The van der Waals surface area contributed by atoms with Crippen LogP contribution in [0.1, 0.15) is 27.7 Å². The molecule has 0 bridgehead atoms. The number of likely N-dealkylation sites (N-methyl/N-ethyl adjacent to an activating group) is 2. The Kier molecular flexibility index (Phi) is 6.67. The number of anilines is 3. The maximum absolute atomic E-state index is 12.1. The maximum atomic E-state index is 12.1. The Morgan fingerprint density at radius 3 is 1.67 bits per heavy atom. The molecule has 2 amide bonds. The van der Waals surface area contributed by atoms with Crippen molar-refractivity contribution in [2.24, 2.45) is 0 Å². The van der Waals surface area contributed by atoms with Gasteiger partial charge in [0.2, 0.25) is 0 Å². The normalized spacial score (nSPS) is 17.0. The predicted molar refractivity (Wildman–Crippen MR) is 133 cm³/mol. The summed E-state index contributed by atoms with van der Waals surface area (Å²) >= 11 is 0. The predicted octanol–water partition coefficient (Wildman–Crippen LogP) is 3.15. The molecule has 12 nitrogen and oxygen atoms in total. The van der Waals surface area contributed by atoms with E-state index in [9.17, 15) is 19.7 Å². The van der Waals surface area contributed by atoms with Gasteiger partial charge in [0.15, 0.2) is 22.7 Å². The number of carbonyl (C=O) groups is 2. The number of fused-ring (bicyclic) bond motifs is 2. The highest BCUT2D eigenvalue weighted by atomic mass is 16.6. The summed E-state index contributed by atoms with van der Waals surface area (Å²) in [6.45, 7) is 6.69. The van der Waals surface area contributed by atoms with Gasteiger partial charge in [0.1, 0.15) is 11.5 Å². The number of nitrogen functional groups attached to an aromatic ring is 1. The van der Waals surface area contributed by atoms with Crippen molar-refractivity contribution in [3.8, 4) is 23.0 Å². The molecule has 12 heteroatoms. The van der Waals surface area contributed by atoms with Crippen LogP contribution in [0.3, 0.4) is 0 Å². The van der Waals surface area contributed by atoms with Gasteiger partial charge in [-0.3, -0.25) is 19.7 Å². The number of nitro benzene ring substituents is 1. The number of hydrogen-bond acceptors (Lipinski definition) is 9. The molecule has 0 atom stereocenters. The summed E-state index contributed by atoms with van der Waals surface area (Å²) in [4.78, 5) is 37.5. The number of rotatable bonds is 3. The lowest BCUT2D eigenvalue weighted by Gasteiger charge is -2.37. The first-order valence-corrected chi connectivity index (χ1v) is 10.9. The van der Waals surface area contributed by atoms with Crippen molar-refractivity contribution in [2.45, 2.75) is 38.9 Å². The second-order valence-electron chi connectivity index (χ2n) is 9.26. The van der Waals surface area contributed by atoms with Gasteiger partial charge in [-0.15, -0.1) is 0 Å². The van der Waals surface area contributed by atoms with E-state index in [1.54, 1.807) is 58.8 Å². The molecule has 0 spiro atoms. The molecular formula is C24H30N4O8. The summed E-state index contributed by atoms with van der Waals surface area (Å²) in [6.07, 6.45) is 0. The quantitative estimate of drug-likeness (QED) is 0.380. The summed E-state index contributed by atoms with van der Waals surface area (Å²) in [5, 5.41) is 11.0. The van der Waals surface area contributed by atoms with Gasteiger partial charge in [-0.25, -0.2) is 0 Å². The van der Waals surface area contributed by atoms with Crippen molar-refractivity contribution < 1.29 is 33.5 Å². The Morgan fingerprint density at radius 1 is 0.833 bits per heavy atom. The molecule has 0 aromatic heterocycles. The monoisotopic (exact) mass is 502 g/mol. The summed E-state index contributed by atoms with van der Waals surface area (Å²) in [7, 11) is 6.18. The molecule has 2 heterocycles. The van der Waals surface area contributed by atoms with Crippen LogP contribution in [-0.4, -0.2) is 56.3 Å².